The Labute approximate surface area is 142 Å². The van der Waals surface area contributed by atoms with E-state index in [2.05, 4.69) is 5.32 Å². The van der Waals surface area contributed by atoms with Crippen molar-refractivity contribution in [3.05, 3.63) is 51.2 Å². The van der Waals surface area contributed by atoms with Crippen LogP contribution in [-0.4, -0.2) is 18.0 Å². The summed E-state index contributed by atoms with van der Waals surface area (Å²) in [5.41, 5.74) is 0.824. The van der Waals surface area contributed by atoms with E-state index in [4.69, 9.17) is 4.74 Å². The number of carbonyl (C=O) groups excluding carboxylic acids is 2. The van der Waals surface area contributed by atoms with Crippen molar-refractivity contribution < 1.29 is 23.1 Å². The fourth-order valence-corrected chi connectivity index (χ4v) is 3.07. The molecule has 0 fully saturated rings. The summed E-state index contributed by atoms with van der Waals surface area (Å²) in [6.07, 6.45) is -0.307. The molecule has 0 spiro atoms. The molecule has 7 heteroatoms. The number of carbonyl (C=O) groups is 2. The second-order valence-electron chi connectivity index (χ2n) is 5.23. The van der Waals surface area contributed by atoms with E-state index in [1.807, 2.05) is 13.8 Å². The van der Waals surface area contributed by atoms with E-state index in [1.54, 1.807) is 6.07 Å². The van der Waals surface area contributed by atoms with Crippen molar-refractivity contribution in [2.24, 2.45) is 0 Å². The molecular formula is C17H17F2NO3S. The van der Waals surface area contributed by atoms with Crippen molar-refractivity contribution in [2.45, 2.75) is 33.3 Å². The molecule has 4 nitrogen and oxygen atoms in total. The predicted octanol–water partition coefficient (Wildman–Crippen LogP) is 4.08. The molecule has 24 heavy (non-hydrogen) atoms. The number of esters is 1. The number of nitrogens with one attached hydrogen (secondary N) is 1. The maximum atomic E-state index is 13.5. The van der Waals surface area contributed by atoms with Crippen LogP contribution < -0.4 is 5.32 Å². The van der Waals surface area contributed by atoms with Crippen molar-refractivity contribution in [2.75, 3.05) is 5.32 Å². The lowest BCUT2D eigenvalue weighted by atomic mass is 10.2. The van der Waals surface area contributed by atoms with E-state index < -0.39 is 29.6 Å². The zero-order chi connectivity index (χ0) is 17.9. The van der Waals surface area contributed by atoms with E-state index in [0.29, 0.717) is 10.9 Å². The molecule has 0 unspecified atom stereocenters. The number of rotatable bonds is 5. The summed E-state index contributed by atoms with van der Waals surface area (Å²) in [5, 5.41) is 2.27. The Morgan fingerprint density at radius 3 is 2.58 bits per heavy atom. The van der Waals surface area contributed by atoms with Gasteiger partial charge in [-0.2, -0.15) is 0 Å². The SMILES string of the molecule is CCc1sc(C(=O)O[C@H](C)C(=O)Nc2ccc(F)cc2F)cc1C. The number of aryl methyl sites for hydroxylation is 2. The minimum atomic E-state index is -1.12. The lowest BCUT2D eigenvalue weighted by Crippen LogP contribution is -2.30. The number of hydrogen-bond acceptors (Lipinski definition) is 4. The van der Waals surface area contributed by atoms with Crippen LogP contribution >= 0.6 is 11.3 Å². The molecule has 0 aliphatic heterocycles. The normalized spacial score (nSPS) is 11.9. The van der Waals surface area contributed by atoms with E-state index in [0.717, 1.165) is 29.0 Å². The van der Waals surface area contributed by atoms with Crippen molar-refractivity contribution in [3.8, 4) is 0 Å². The molecule has 1 amide bonds. The van der Waals surface area contributed by atoms with Gasteiger partial charge in [0.15, 0.2) is 6.10 Å². The topological polar surface area (TPSA) is 55.4 Å². The van der Waals surface area contributed by atoms with Gasteiger partial charge in [-0.25, -0.2) is 13.6 Å². The predicted molar refractivity (Wildman–Crippen MR) is 88.3 cm³/mol. The Morgan fingerprint density at radius 2 is 2.00 bits per heavy atom. The number of halogens is 2. The van der Waals surface area contributed by atoms with Gasteiger partial charge >= 0.3 is 5.97 Å². The smallest absolute Gasteiger partial charge is 0.349 e. The van der Waals surface area contributed by atoms with Crippen LogP contribution in [0.2, 0.25) is 0 Å². The van der Waals surface area contributed by atoms with Crippen molar-refractivity contribution in [1.29, 1.82) is 0 Å². The van der Waals surface area contributed by atoms with Crippen LogP contribution in [0.15, 0.2) is 24.3 Å². The number of hydrogen-bond donors (Lipinski definition) is 1. The van der Waals surface area contributed by atoms with Crippen LogP contribution in [0.3, 0.4) is 0 Å². The lowest BCUT2D eigenvalue weighted by molar-refractivity contribution is -0.123. The van der Waals surface area contributed by atoms with Crippen LogP contribution in [0.4, 0.5) is 14.5 Å². The van der Waals surface area contributed by atoms with Gasteiger partial charge in [-0.3, -0.25) is 4.79 Å². The lowest BCUT2D eigenvalue weighted by Gasteiger charge is -2.13. The first-order valence-electron chi connectivity index (χ1n) is 7.38. The molecule has 2 aromatic rings. The van der Waals surface area contributed by atoms with Gasteiger partial charge in [-0.05, 0) is 44.0 Å². The van der Waals surface area contributed by atoms with Gasteiger partial charge in [0.2, 0.25) is 0 Å². The molecule has 0 aliphatic carbocycles. The highest BCUT2D eigenvalue weighted by Gasteiger charge is 2.21. The van der Waals surface area contributed by atoms with Gasteiger partial charge in [0.25, 0.3) is 5.91 Å². The third kappa shape index (κ3) is 4.17. The first-order chi connectivity index (χ1) is 11.3. The van der Waals surface area contributed by atoms with E-state index in [1.165, 1.54) is 18.3 Å². The highest BCUT2D eigenvalue weighted by molar-refractivity contribution is 7.14. The molecule has 1 atom stereocenters. The Bertz CT molecular complexity index is 773. The van der Waals surface area contributed by atoms with Crippen LogP contribution in [-0.2, 0) is 16.0 Å². The molecule has 0 aliphatic rings. The van der Waals surface area contributed by atoms with E-state index in [-0.39, 0.29) is 5.69 Å². The van der Waals surface area contributed by atoms with Gasteiger partial charge in [0, 0.05) is 10.9 Å². The minimum Gasteiger partial charge on any atom is -0.448 e. The van der Waals surface area contributed by atoms with Crippen LogP contribution in [0.1, 0.15) is 34.0 Å². The third-order valence-corrected chi connectivity index (χ3v) is 4.75. The Hall–Kier alpha value is -2.28. The number of ether oxygens (including phenoxy) is 1. The molecule has 128 valence electrons. The third-order valence-electron chi connectivity index (χ3n) is 3.38. The monoisotopic (exact) mass is 353 g/mol. The average Bonchev–Trinajstić information content (AvgIpc) is 2.91. The molecule has 0 bridgehead atoms. The van der Waals surface area contributed by atoms with Gasteiger partial charge in [-0.15, -0.1) is 11.3 Å². The average molecular weight is 353 g/mol. The molecular weight excluding hydrogens is 336 g/mol. The van der Waals surface area contributed by atoms with Gasteiger partial charge in [0.05, 0.1) is 5.69 Å². The maximum absolute atomic E-state index is 13.5. The van der Waals surface area contributed by atoms with E-state index >= 15 is 0 Å². The Kier molecular flexibility index (Phi) is 5.66. The highest BCUT2D eigenvalue weighted by atomic mass is 32.1. The van der Waals surface area contributed by atoms with E-state index in [9.17, 15) is 18.4 Å². The van der Waals surface area contributed by atoms with Gasteiger partial charge in [0.1, 0.15) is 16.5 Å². The molecule has 1 aromatic carbocycles. The van der Waals surface area contributed by atoms with Crippen molar-refractivity contribution in [1.82, 2.24) is 0 Å². The fraction of sp³-hybridized carbons (Fsp3) is 0.294. The second kappa shape index (κ2) is 7.53. The quantitative estimate of drug-likeness (QED) is 0.824. The maximum Gasteiger partial charge on any atom is 0.349 e. The molecule has 0 saturated heterocycles. The summed E-state index contributed by atoms with van der Waals surface area (Å²) in [4.78, 5) is 25.6. The summed E-state index contributed by atoms with van der Waals surface area (Å²) in [6, 6.07) is 4.51. The second-order valence-corrected chi connectivity index (χ2v) is 6.37. The zero-order valence-electron chi connectivity index (χ0n) is 13.5. The first kappa shape index (κ1) is 18.1. The minimum absolute atomic E-state index is 0.176. The zero-order valence-corrected chi connectivity index (χ0v) is 14.3. The van der Waals surface area contributed by atoms with Crippen LogP contribution in [0, 0.1) is 18.6 Å². The summed E-state index contributed by atoms with van der Waals surface area (Å²) in [5.74, 6) is -2.95. The van der Waals surface area contributed by atoms with Gasteiger partial charge < -0.3 is 10.1 Å². The van der Waals surface area contributed by atoms with Crippen LogP contribution in [0.25, 0.3) is 0 Å². The molecule has 1 heterocycles. The van der Waals surface area contributed by atoms with Gasteiger partial charge in [-0.1, -0.05) is 6.92 Å². The Balaban J connectivity index is 2.01. The highest BCUT2D eigenvalue weighted by Crippen LogP contribution is 2.23. The molecule has 0 saturated carbocycles. The number of anilines is 1. The fourth-order valence-electron chi connectivity index (χ4n) is 2.07. The molecule has 1 aromatic heterocycles. The number of benzene rings is 1. The number of thiophene rings is 1. The summed E-state index contributed by atoms with van der Waals surface area (Å²) < 4.78 is 31.5. The summed E-state index contributed by atoms with van der Waals surface area (Å²) in [6.45, 7) is 5.27. The van der Waals surface area contributed by atoms with Crippen molar-refractivity contribution in [3.63, 3.8) is 0 Å². The standard InChI is InChI=1S/C17H17F2NO3S/c1-4-14-9(2)7-15(24-14)17(22)23-10(3)16(21)20-13-6-5-11(18)8-12(13)19/h5-8,10H,4H2,1-3H3,(H,20,21)/t10-/m1/s1. The number of amides is 1. The van der Waals surface area contributed by atoms with Crippen molar-refractivity contribution >= 4 is 28.9 Å². The molecule has 2 rings (SSSR count). The first-order valence-corrected chi connectivity index (χ1v) is 8.19. The largest absolute Gasteiger partial charge is 0.448 e. The summed E-state index contributed by atoms with van der Waals surface area (Å²) in [7, 11) is 0. The van der Waals surface area contributed by atoms with Crippen LogP contribution in [0.5, 0.6) is 0 Å². The molecule has 0 radical (unpaired) electrons. The molecule has 1 N–H and O–H groups in total. The Morgan fingerprint density at radius 1 is 1.29 bits per heavy atom. The summed E-state index contributed by atoms with van der Waals surface area (Å²) >= 11 is 1.32.